The van der Waals surface area contributed by atoms with E-state index in [4.69, 9.17) is 0 Å². The van der Waals surface area contributed by atoms with Crippen molar-refractivity contribution in [1.29, 1.82) is 0 Å². The number of rotatable bonds is 4. The van der Waals surface area contributed by atoms with Crippen LogP contribution < -0.4 is 5.32 Å². The largest absolute Gasteiger partial charge is 0.304 e. The maximum atomic E-state index is 4.62. The molecule has 5 heteroatoms. The second kappa shape index (κ2) is 5.07. The van der Waals surface area contributed by atoms with Gasteiger partial charge in [-0.15, -0.1) is 22.7 Å². The zero-order valence-electron chi connectivity index (χ0n) is 11.3. The number of aromatic nitrogens is 2. The van der Waals surface area contributed by atoms with Gasteiger partial charge in [0.25, 0.3) is 0 Å². The fourth-order valence-corrected chi connectivity index (χ4v) is 3.86. The Hall–Kier alpha value is -1.17. The van der Waals surface area contributed by atoms with Crippen molar-refractivity contribution in [2.45, 2.75) is 33.4 Å². The number of nitrogens with zero attached hydrogens (tertiary/aromatic N) is 2. The minimum Gasteiger partial charge on any atom is -0.304 e. The van der Waals surface area contributed by atoms with Crippen LogP contribution in [0.4, 0.5) is 0 Å². The lowest BCUT2D eigenvalue weighted by atomic mass is 10.2. The SMILES string of the molecule is Cc1cn2c(CNC(C)c3cccs3)c(C)nc2s1. The molecule has 1 unspecified atom stereocenters. The molecule has 3 aromatic heterocycles. The fourth-order valence-electron chi connectivity index (χ4n) is 2.21. The van der Waals surface area contributed by atoms with Crippen LogP contribution in [0, 0.1) is 13.8 Å². The molecule has 0 bridgehead atoms. The first-order valence-electron chi connectivity index (χ1n) is 6.36. The quantitative estimate of drug-likeness (QED) is 0.789. The van der Waals surface area contributed by atoms with Crippen molar-refractivity contribution < 1.29 is 0 Å². The van der Waals surface area contributed by atoms with E-state index in [0.29, 0.717) is 6.04 Å². The van der Waals surface area contributed by atoms with Gasteiger partial charge in [0.15, 0.2) is 4.96 Å². The van der Waals surface area contributed by atoms with Crippen molar-refractivity contribution >= 4 is 27.6 Å². The van der Waals surface area contributed by atoms with Gasteiger partial charge in [-0.25, -0.2) is 4.98 Å². The Labute approximate surface area is 120 Å². The summed E-state index contributed by atoms with van der Waals surface area (Å²) in [6.07, 6.45) is 2.17. The summed E-state index contributed by atoms with van der Waals surface area (Å²) < 4.78 is 2.21. The topological polar surface area (TPSA) is 29.3 Å². The van der Waals surface area contributed by atoms with Crippen LogP contribution in [-0.2, 0) is 6.54 Å². The first-order valence-corrected chi connectivity index (χ1v) is 8.05. The number of aryl methyl sites for hydroxylation is 2. The highest BCUT2D eigenvalue weighted by molar-refractivity contribution is 7.17. The third kappa shape index (κ3) is 2.45. The van der Waals surface area contributed by atoms with E-state index in [9.17, 15) is 0 Å². The van der Waals surface area contributed by atoms with Crippen LogP contribution in [0.25, 0.3) is 4.96 Å². The molecule has 3 aromatic rings. The monoisotopic (exact) mass is 291 g/mol. The number of hydrogen-bond acceptors (Lipinski definition) is 4. The van der Waals surface area contributed by atoms with Crippen LogP contribution in [-0.4, -0.2) is 9.38 Å². The third-order valence-electron chi connectivity index (χ3n) is 3.29. The van der Waals surface area contributed by atoms with Gasteiger partial charge in [-0.05, 0) is 32.2 Å². The molecule has 1 atom stereocenters. The zero-order valence-corrected chi connectivity index (χ0v) is 12.9. The van der Waals surface area contributed by atoms with Gasteiger partial charge < -0.3 is 5.32 Å². The Morgan fingerprint density at radius 1 is 1.42 bits per heavy atom. The van der Waals surface area contributed by atoms with Crippen molar-refractivity contribution in [3.63, 3.8) is 0 Å². The molecule has 3 nitrogen and oxygen atoms in total. The number of hydrogen-bond donors (Lipinski definition) is 1. The second-order valence-corrected chi connectivity index (χ2v) is 6.95. The van der Waals surface area contributed by atoms with Gasteiger partial charge in [0.2, 0.25) is 0 Å². The molecule has 1 N–H and O–H groups in total. The fraction of sp³-hybridized carbons (Fsp3) is 0.357. The van der Waals surface area contributed by atoms with Crippen molar-refractivity contribution in [2.75, 3.05) is 0 Å². The predicted molar refractivity (Wildman–Crippen MR) is 82.1 cm³/mol. The molecule has 0 saturated heterocycles. The molecule has 100 valence electrons. The second-order valence-electron chi connectivity index (χ2n) is 4.76. The summed E-state index contributed by atoms with van der Waals surface area (Å²) in [4.78, 5) is 8.39. The summed E-state index contributed by atoms with van der Waals surface area (Å²) >= 11 is 3.54. The van der Waals surface area contributed by atoms with Crippen molar-refractivity contribution in [3.05, 3.63) is 44.9 Å². The van der Waals surface area contributed by atoms with E-state index in [-0.39, 0.29) is 0 Å². The summed E-state index contributed by atoms with van der Waals surface area (Å²) in [5.74, 6) is 0. The molecule has 3 heterocycles. The highest BCUT2D eigenvalue weighted by Gasteiger charge is 2.12. The van der Waals surface area contributed by atoms with Crippen LogP contribution >= 0.6 is 22.7 Å². The Bertz CT molecular complexity index is 679. The summed E-state index contributed by atoms with van der Waals surface area (Å²) in [6.45, 7) is 7.27. The standard InChI is InChI=1S/C14H17N3S2/c1-9-8-17-12(10(2)16-14(17)19-9)7-15-11(3)13-5-4-6-18-13/h4-6,8,11,15H,7H2,1-3H3. The van der Waals surface area contributed by atoms with E-state index >= 15 is 0 Å². The van der Waals surface area contributed by atoms with Gasteiger partial charge in [0.1, 0.15) is 0 Å². The van der Waals surface area contributed by atoms with Gasteiger partial charge in [-0.3, -0.25) is 4.40 Å². The lowest BCUT2D eigenvalue weighted by Crippen LogP contribution is -2.18. The van der Waals surface area contributed by atoms with Crippen LogP contribution in [0.1, 0.15) is 34.1 Å². The van der Waals surface area contributed by atoms with Crippen molar-refractivity contribution in [3.8, 4) is 0 Å². The molecular formula is C14H17N3S2. The Kier molecular flexibility index (Phi) is 3.43. The molecule has 0 aliphatic heterocycles. The summed E-state index contributed by atoms with van der Waals surface area (Å²) in [5.41, 5.74) is 2.39. The van der Waals surface area contributed by atoms with E-state index in [1.807, 2.05) is 0 Å². The first-order chi connectivity index (χ1) is 9.15. The van der Waals surface area contributed by atoms with E-state index in [1.54, 1.807) is 22.7 Å². The number of fused-ring (bicyclic) bond motifs is 1. The number of nitrogens with one attached hydrogen (secondary N) is 1. The molecule has 0 amide bonds. The van der Waals surface area contributed by atoms with E-state index in [2.05, 4.69) is 59.2 Å². The van der Waals surface area contributed by atoms with E-state index in [0.717, 1.165) is 17.2 Å². The molecule has 0 spiro atoms. The molecule has 3 rings (SSSR count). The summed E-state index contributed by atoms with van der Waals surface area (Å²) in [7, 11) is 0. The van der Waals surface area contributed by atoms with Gasteiger partial charge >= 0.3 is 0 Å². The van der Waals surface area contributed by atoms with Gasteiger partial charge in [0.05, 0.1) is 11.4 Å². The lowest BCUT2D eigenvalue weighted by molar-refractivity contribution is 0.572. The number of thiazole rings is 1. The molecule has 0 radical (unpaired) electrons. The van der Waals surface area contributed by atoms with Gasteiger partial charge in [-0.1, -0.05) is 6.07 Å². The molecule has 0 fully saturated rings. The first kappa shape index (κ1) is 12.8. The average Bonchev–Trinajstić information content (AvgIpc) is 3.03. The van der Waals surface area contributed by atoms with Crippen LogP contribution in [0.2, 0.25) is 0 Å². The molecule has 0 aromatic carbocycles. The van der Waals surface area contributed by atoms with Crippen LogP contribution in [0.5, 0.6) is 0 Å². The molecule has 19 heavy (non-hydrogen) atoms. The molecule has 0 aliphatic carbocycles. The maximum Gasteiger partial charge on any atom is 0.194 e. The van der Waals surface area contributed by atoms with E-state index < -0.39 is 0 Å². The van der Waals surface area contributed by atoms with Crippen LogP contribution in [0.3, 0.4) is 0 Å². The van der Waals surface area contributed by atoms with Crippen molar-refractivity contribution in [1.82, 2.24) is 14.7 Å². The zero-order chi connectivity index (χ0) is 13.4. The number of thiophene rings is 1. The highest BCUT2D eigenvalue weighted by atomic mass is 32.1. The lowest BCUT2D eigenvalue weighted by Gasteiger charge is -2.12. The minimum absolute atomic E-state index is 0.379. The summed E-state index contributed by atoms with van der Waals surface area (Å²) in [6, 6.07) is 4.66. The maximum absolute atomic E-state index is 4.62. The molecule has 0 saturated carbocycles. The Morgan fingerprint density at radius 3 is 3.00 bits per heavy atom. The van der Waals surface area contributed by atoms with Crippen LogP contribution in [0.15, 0.2) is 23.7 Å². The minimum atomic E-state index is 0.379. The van der Waals surface area contributed by atoms with Gasteiger partial charge in [-0.2, -0.15) is 0 Å². The normalized spacial score (nSPS) is 13.2. The highest BCUT2D eigenvalue weighted by Crippen LogP contribution is 2.22. The average molecular weight is 291 g/mol. The molecule has 0 aliphatic rings. The summed E-state index contributed by atoms with van der Waals surface area (Å²) in [5, 5.41) is 5.71. The third-order valence-corrected chi connectivity index (χ3v) is 5.24. The van der Waals surface area contributed by atoms with Gasteiger partial charge in [0, 0.05) is 28.5 Å². The Morgan fingerprint density at radius 2 is 2.26 bits per heavy atom. The van der Waals surface area contributed by atoms with Crippen molar-refractivity contribution in [2.24, 2.45) is 0 Å². The molecular weight excluding hydrogens is 274 g/mol. The smallest absolute Gasteiger partial charge is 0.194 e. The Balaban J connectivity index is 1.79. The number of imidazole rings is 1. The van der Waals surface area contributed by atoms with E-state index in [1.165, 1.54) is 15.4 Å². The predicted octanol–water partition coefficient (Wildman–Crippen LogP) is 3.92.